The van der Waals surface area contributed by atoms with Crippen LogP contribution in [0.4, 0.5) is 5.69 Å². The van der Waals surface area contributed by atoms with Crippen molar-refractivity contribution < 1.29 is 5.21 Å². The van der Waals surface area contributed by atoms with Crippen molar-refractivity contribution in [2.75, 3.05) is 45.5 Å². The summed E-state index contributed by atoms with van der Waals surface area (Å²) in [6, 6.07) is 15.6. The molecule has 138 valence electrons. The predicted octanol–water partition coefficient (Wildman–Crippen LogP) is 2.68. The molecule has 0 spiro atoms. The third-order valence-corrected chi connectivity index (χ3v) is 5.11. The van der Waals surface area contributed by atoms with Crippen LogP contribution >= 0.6 is 0 Å². The van der Waals surface area contributed by atoms with Gasteiger partial charge in [-0.3, -0.25) is 0 Å². The molecule has 5 heteroatoms. The third-order valence-electron chi connectivity index (χ3n) is 5.11. The van der Waals surface area contributed by atoms with Crippen molar-refractivity contribution in [3.8, 4) is 0 Å². The molecular formula is C21H28N4O. The SMILES string of the molecule is CN1CCN(CCCc2c(N)cccc2/C(=N/O)c2ccccc2)CC1. The van der Waals surface area contributed by atoms with Crippen molar-refractivity contribution in [3.63, 3.8) is 0 Å². The normalized spacial score (nSPS) is 16.7. The summed E-state index contributed by atoms with van der Waals surface area (Å²) >= 11 is 0. The molecule has 1 fully saturated rings. The number of piperazine rings is 1. The first-order valence-corrected chi connectivity index (χ1v) is 9.25. The fourth-order valence-electron chi connectivity index (χ4n) is 3.52. The molecule has 0 atom stereocenters. The number of hydrogen-bond acceptors (Lipinski definition) is 5. The van der Waals surface area contributed by atoms with E-state index in [4.69, 9.17) is 5.73 Å². The van der Waals surface area contributed by atoms with Crippen molar-refractivity contribution in [2.24, 2.45) is 5.16 Å². The fraction of sp³-hybridized carbons (Fsp3) is 0.381. The number of nitrogens with two attached hydrogens (primary N) is 1. The van der Waals surface area contributed by atoms with Gasteiger partial charge in [0.25, 0.3) is 0 Å². The topological polar surface area (TPSA) is 65.1 Å². The van der Waals surface area contributed by atoms with E-state index in [2.05, 4.69) is 22.0 Å². The number of nitrogens with zero attached hydrogens (tertiary/aromatic N) is 3. The Morgan fingerprint density at radius 2 is 1.77 bits per heavy atom. The van der Waals surface area contributed by atoms with Crippen molar-refractivity contribution in [2.45, 2.75) is 12.8 Å². The summed E-state index contributed by atoms with van der Waals surface area (Å²) in [5.74, 6) is 0. The molecule has 3 N–H and O–H groups in total. The van der Waals surface area contributed by atoms with Crippen LogP contribution < -0.4 is 5.73 Å². The van der Waals surface area contributed by atoms with Gasteiger partial charge in [0.2, 0.25) is 0 Å². The lowest BCUT2D eigenvalue weighted by atomic mass is 9.93. The molecule has 3 rings (SSSR count). The summed E-state index contributed by atoms with van der Waals surface area (Å²) in [6.45, 7) is 5.59. The Morgan fingerprint density at radius 1 is 1.04 bits per heavy atom. The zero-order valence-corrected chi connectivity index (χ0v) is 15.4. The molecule has 0 saturated carbocycles. The van der Waals surface area contributed by atoms with Crippen LogP contribution in [-0.4, -0.2) is 60.5 Å². The van der Waals surface area contributed by atoms with Gasteiger partial charge < -0.3 is 20.7 Å². The van der Waals surface area contributed by atoms with Crippen molar-refractivity contribution in [1.82, 2.24) is 9.80 Å². The maximum absolute atomic E-state index is 9.64. The second-order valence-electron chi connectivity index (χ2n) is 6.94. The molecule has 2 aromatic rings. The summed E-state index contributed by atoms with van der Waals surface area (Å²) < 4.78 is 0. The molecule has 0 unspecified atom stereocenters. The van der Waals surface area contributed by atoms with Crippen LogP contribution in [0.2, 0.25) is 0 Å². The van der Waals surface area contributed by atoms with Crippen LogP contribution in [0.5, 0.6) is 0 Å². The highest BCUT2D eigenvalue weighted by molar-refractivity contribution is 6.14. The first kappa shape index (κ1) is 18.4. The molecule has 0 radical (unpaired) electrons. The van der Waals surface area contributed by atoms with Gasteiger partial charge in [0.15, 0.2) is 0 Å². The molecular weight excluding hydrogens is 324 g/mol. The van der Waals surface area contributed by atoms with Gasteiger partial charge in [0.05, 0.1) is 0 Å². The second-order valence-corrected chi connectivity index (χ2v) is 6.94. The quantitative estimate of drug-likeness (QED) is 0.363. The van der Waals surface area contributed by atoms with Gasteiger partial charge in [0, 0.05) is 43.0 Å². The Morgan fingerprint density at radius 3 is 2.46 bits per heavy atom. The molecule has 0 bridgehead atoms. The molecule has 0 aliphatic carbocycles. The Kier molecular flexibility index (Phi) is 6.26. The lowest BCUT2D eigenvalue weighted by Crippen LogP contribution is -2.44. The maximum Gasteiger partial charge on any atom is 0.117 e. The first-order valence-electron chi connectivity index (χ1n) is 9.25. The number of hydrogen-bond donors (Lipinski definition) is 2. The van der Waals surface area contributed by atoms with E-state index in [0.717, 1.165) is 67.9 Å². The Balaban J connectivity index is 1.73. The standard InChI is InChI=1S/C21H28N4O/c1-24-13-15-25(16-14-24)12-6-10-18-19(9-5-11-20(18)22)21(23-26)17-7-3-2-4-8-17/h2-5,7-9,11,26H,6,10,12-16,22H2,1H3/b23-21+. The highest BCUT2D eigenvalue weighted by Crippen LogP contribution is 2.23. The van der Waals surface area contributed by atoms with Crippen LogP contribution in [0.25, 0.3) is 0 Å². The average molecular weight is 352 g/mol. The Labute approximate surface area is 155 Å². The molecule has 2 aromatic carbocycles. The average Bonchev–Trinajstić information content (AvgIpc) is 2.67. The van der Waals surface area contributed by atoms with E-state index in [9.17, 15) is 5.21 Å². The van der Waals surface area contributed by atoms with Gasteiger partial charge in [-0.1, -0.05) is 47.6 Å². The summed E-state index contributed by atoms with van der Waals surface area (Å²) in [7, 11) is 2.17. The number of likely N-dealkylation sites (N-methyl/N-ethyl adjacent to an activating group) is 1. The van der Waals surface area contributed by atoms with Gasteiger partial charge in [-0.25, -0.2) is 0 Å². The number of oxime groups is 1. The van der Waals surface area contributed by atoms with Crippen LogP contribution in [0, 0.1) is 0 Å². The fourth-order valence-corrected chi connectivity index (χ4v) is 3.52. The van der Waals surface area contributed by atoms with Crippen LogP contribution in [0.15, 0.2) is 53.7 Å². The summed E-state index contributed by atoms with van der Waals surface area (Å²) in [4.78, 5) is 4.88. The molecule has 1 aliphatic heterocycles. The third kappa shape index (κ3) is 4.42. The monoisotopic (exact) mass is 352 g/mol. The first-order chi connectivity index (χ1) is 12.7. The zero-order chi connectivity index (χ0) is 18.4. The molecule has 26 heavy (non-hydrogen) atoms. The van der Waals surface area contributed by atoms with E-state index in [0.29, 0.717) is 5.71 Å². The highest BCUT2D eigenvalue weighted by Gasteiger charge is 2.16. The lowest BCUT2D eigenvalue weighted by molar-refractivity contribution is 0.153. The van der Waals surface area contributed by atoms with E-state index in [1.54, 1.807) is 0 Å². The van der Waals surface area contributed by atoms with Crippen LogP contribution in [0.3, 0.4) is 0 Å². The lowest BCUT2D eigenvalue weighted by Gasteiger charge is -2.32. The van der Waals surface area contributed by atoms with E-state index >= 15 is 0 Å². The van der Waals surface area contributed by atoms with Gasteiger partial charge >= 0.3 is 0 Å². The van der Waals surface area contributed by atoms with Gasteiger partial charge in [0.1, 0.15) is 5.71 Å². The molecule has 1 aliphatic rings. The van der Waals surface area contributed by atoms with E-state index in [-0.39, 0.29) is 0 Å². The molecule has 0 aromatic heterocycles. The minimum Gasteiger partial charge on any atom is -0.410 e. The van der Waals surface area contributed by atoms with E-state index in [1.807, 2.05) is 48.5 Å². The molecule has 0 amide bonds. The summed E-state index contributed by atoms with van der Waals surface area (Å²) in [5, 5.41) is 13.2. The predicted molar refractivity (Wildman–Crippen MR) is 107 cm³/mol. The summed E-state index contributed by atoms with van der Waals surface area (Å²) in [6.07, 6.45) is 1.92. The van der Waals surface area contributed by atoms with E-state index in [1.165, 1.54) is 0 Å². The Hall–Kier alpha value is -2.37. The smallest absolute Gasteiger partial charge is 0.117 e. The Bertz CT molecular complexity index is 737. The number of benzene rings is 2. The number of anilines is 1. The second kappa shape index (κ2) is 8.83. The minimum absolute atomic E-state index is 0.576. The van der Waals surface area contributed by atoms with Crippen molar-refractivity contribution >= 4 is 11.4 Å². The molecule has 1 heterocycles. The molecule has 1 saturated heterocycles. The number of nitrogen functional groups attached to an aromatic ring is 1. The van der Waals surface area contributed by atoms with Gasteiger partial charge in [-0.2, -0.15) is 0 Å². The van der Waals surface area contributed by atoms with Crippen LogP contribution in [-0.2, 0) is 6.42 Å². The summed E-state index contributed by atoms with van der Waals surface area (Å²) in [5.41, 5.74) is 10.5. The zero-order valence-electron chi connectivity index (χ0n) is 15.4. The van der Waals surface area contributed by atoms with Gasteiger partial charge in [-0.15, -0.1) is 0 Å². The molecule has 5 nitrogen and oxygen atoms in total. The van der Waals surface area contributed by atoms with Gasteiger partial charge in [-0.05, 0) is 38.1 Å². The highest BCUT2D eigenvalue weighted by atomic mass is 16.4. The van der Waals surface area contributed by atoms with Crippen molar-refractivity contribution in [1.29, 1.82) is 0 Å². The number of rotatable bonds is 6. The minimum atomic E-state index is 0.576. The van der Waals surface area contributed by atoms with Crippen molar-refractivity contribution in [3.05, 3.63) is 65.2 Å². The largest absolute Gasteiger partial charge is 0.410 e. The van der Waals surface area contributed by atoms with E-state index < -0.39 is 0 Å². The maximum atomic E-state index is 9.64. The van der Waals surface area contributed by atoms with Crippen LogP contribution in [0.1, 0.15) is 23.1 Å².